The van der Waals surface area contributed by atoms with Gasteiger partial charge in [0.25, 0.3) is 5.56 Å². The van der Waals surface area contributed by atoms with E-state index in [1.54, 1.807) is 6.26 Å². The molecule has 0 amide bonds. The second kappa shape index (κ2) is 8.02. The Balaban J connectivity index is 2.98. The number of unbranched alkanes of at least 4 members (excludes halogenated alkanes) is 1. The zero-order valence-corrected chi connectivity index (χ0v) is 13.6. The summed E-state index contributed by atoms with van der Waals surface area (Å²) in [5, 5.41) is 3.01. The molecule has 1 rings (SSSR count). The first-order valence-electron chi connectivity index (χ1n) is 7.06. The minimum Gasteiger partial charge on any atom is -0.383 e. The quantitative estimate of drug-likeness (QED) is 0.646. The number of nitrogen functional groups attached to an aromatic ring is 1. The maximum absolute atomic E-state index is 11.9. The molecule has 2 unspecified atom stereocenters. The summed E-state index contributed by atoms with van der Waals surface area (Å²) in [5.41, 5.74) is 5.15. The summed E-state index contributed by atoms with van der Waals surface area (Å²) in [6.45, 7) is 4.37. The van der Waals surface area contributed by atoms with Crippen LogP contribution in [0.3, 0.4) is 0 Å². The molecule has 0 aliphatic heterocycles. The maximum atomic E-state index is 11.9. The predicted octanol–water partition coefficient (Wildman–Crippen LogP) is 0.488. The Hall–Kier alpha value is -1.57. The fourth-order valence-electron chi connectivity index (χ4n) is 1.93. The Morgan fingerprint density at radius 3 is 2.67 bits per heavy atom. The number of hydrogen-bond donors (Lipinski definition) is 3. The molecular weight excluding hydrogens is 292 g/mol. The number of aromatic amines is 1. The third kappa shape index (κ3) is 5.04. The van der Waals surface area contributed by atoms with Crippen LogP contribution in [-0.4, -0.2) is 31.8 Å². The predicted molar refractivity (Wildman–Crippen MR) is 87.3 cm³/mol. The third-order valence-electron chi connectivity index (χ3n) is 3.20. The van der Waals surface area contributed by atoms with Crippen molar-refractivity contribution in [3.63, 3.8) is 0 Å². The van der Waals surface area contributed by atoms with Gasteiger partial charge in [-0.05, 0) is 19.8 Å². The first-order valence-corrected chi connectivity index (χ1v) is 8.78. The lowest BCUT2D eigenvalue weighted by molar-refractivity contribution is 0.604. The van der Waals surface area contributed by atoms with E-state index in [2.05, 4.69) is 10.3 Å². The second-order valence-corrected chi connectivity index (χ2v) is 6.69. The summed E-state index contributed by atoms with van der Waals surface area (Å²) in [6.07, 6.45) is 4.02. The van der Waals surface area contributed by atoms with Crippen LogP contribution in [0.15, 0.2) is 9.59 Å². The van der Waals surface area contributed by atoms with Crippen LogP contribution in [-0.2, 0) is 17.3 Å². The van der Waals surface area contributed by atoms with Crippen LogP contribution < -0.4 is 22.3 Å². The minimum absolute atomic E-state index is 0.0607. The normalized spacial score (nSPS) is 13.9. The number of nitrogens with zero attached hydrogens (tertiary/aromatic N) is 1. The van der Waals surface area contributed by atoms with Crippen molar-refractivity contribution in [1.29, 1.82) is 0 Å². The van der Waals surface area contributed by atoms with Gasteiger partial charge >= 0.3 is 5.69 Å². The number of H-pyrrole nitrogens is 1. The minimum atomic E-state index is -0.880. The van der Waals surface area contributed by atoms with Crippen LogP contribution in [0, 0.1) is 0 Å². The lowest BCUT2D eigenvalue weighted by Gasteiger charge is -2.17. The van der Waals surface area contributed by atoms with E-state index in [4.69, 9.17) is 5.73 Å². The molecule has 4 N–H and O–H groups in total. The van der Waals surface area contributed by atoms with Crippen LogP contribution in [0.5, 0.6) is 0 Å². The van der Waals surface area contributed by atoms with Gasteiger partial charge in [-0.3, -0.25) is 18.6 Å². The first kappa shape index (κ1) is 17.5. The van der Waals surface area contributed by atoms with Gasteiger partial charge in [-0.25, -0.2) is 4.79 Å². The summed E-state index contributed by atoms with van der Waals surface area (Å²) in [6, 6.07) is -0.0607. The summed E-state index contributed by atoms with van der Waals surface area (Å²) < 4.78 is 12.5. The van der Waals surface area contributed by atoms with E-state index in [1.807, 2.05) is 13.8 Å². The van der Waals surface area contributed by atoms with E-state index in [0.717, 1.165) is 12.8 Å². The number of nitrogens with two attached hydrogens (primary N) is 1. The van der Waals surface area contributed by atoms with Crippen molar-refractivity contribution in [3.05, 3.63) is 20.8 Å². The SMILES string of the molecule is CCCCn1c(N)c(NC(C)CCS(C)=O)c(=O)[nH]c1=O. The van der Waals surface area contributed by atoms with Gasteiger partial charge in [0.15, 0.2) is 0 Å². The topological polar surface area (TPSA) is 110 Å². The summed E-state index contributed by atoms with van der Waals surface area (Å²) in [4.78, 5) is 25.9. The zero-order valence-electron chi connectivity index (χ0n) is 12.8. The molecule has 8 heteroatoms. The van der Waals surface area contributed by atoms with Crippen LogP contribution in [0.1, 0.15) is 33.1 Å². The highest BCUT2D eigenvalue weighted by Gasteiger charge is 2.14. The number of rotatable bonds is 8. The Morgan fingerprint density at radius 1 is 1.43 bits per heavy atom. The molecule has 0 aliphatic carbocycles. The molecule has 2 atom stereocenters. The van der Waals surface area contributed by atoms with Crippen molar-refractivity contribution in [3.8, 4) is 0 Å². The first-order chi connectivity index (χ1) is 9.86. The number of nitrogens with one attached hydrogen (secondary N) is 2. The van der Waals surface area contributed by atoms with Crippen molar-refractivity contribution >= 4 is 22.3 Å². The number of anilines is 2. The van der Waals surface area contributed by atoms with Crippen molar-refractivity contribution in [2.75, 3.05) is 23.1 Å². The van der Waals surface area contributed by atoms with Crippen LogP contribution in [0.4, 0.5) is 11.5 Å². The standard InChI is InChI=1S/C13H24N4O3S/c1-4-5-7-17-11(14)10(12(18)16-13(17)19)15-9(2)6-8-21(3)20/h9,15H,4-8,14H2,1-3H3,(H,16,18,19). The molecule has 0 fully saturated rings. The highest BCUT2D eigenvalue weighted by atomic mass is 32.2. The van der Waals surface area contributed by atoms with Crippen molar-refractivity contribution in [2.24, 2.45) is 0 Å². The molecule has 0 saturated heterocycles. The Kier molecular flexibility index (Phi) is 6.67. The van der Waals surface area contributed by atoms with E-state index < -0.39 is 22.0 Å². The van der Waals surface area contributed by atoms with Crippen molar-refractivity contribution in [1.82, 2.24) is 9.55 Å². The highest BCUT2D eigenvalue weighted by molar-refractivity contribution is 7.84. The molecule has 1 heterocycles. The number of hydrogen-bond acceptors (Lipinski definition) is 5. The summed E-state index contributed by atoms with van der Waals surface area (Å²) >= 11 is 0. The van der Waals surface area contributed by atoms with Gasteiger partial charge in [-0.1, -0.05) is 13.3 Å². The highest BCUT2D eigenvalue weighted by Crippen LogP contribution is 2.13. The third-order valence-corrected chi connectivity index (χ3v) is 4.01. The molecule has 7 nitrogen and oxygen atoms in total. The average molecular weight is 316 g/mol. The van der Waals surface area contributed by atoms with Gasteiger partial charge in [0, 0.05) is 35.4 Å². The molecule has 120 valence electrons. The van der Waals surface area contributed by atoms with Crippen molar-refractivity contribution in [2.45, 2.75) is 45.7 Å². The number of aromatic nitrogens is 2. The molecule has 1 aromatic rings. The molecule has 0 spiro atoms. The molecule has 0 saturated carbocycles. The van der Waals surface area contributed by atoms with Gasteiger partial charge in [0.05, 0.1) is 0 Å². The zero-order chi connectivity index (χ0) is 16.0. The van der Waals surface area contributed by atoms with E-state index in [0.29, 0.717) is 18.7 Å². The lowest BCUT2D eigenvalue weighted by atomic mass is 10.2. The van der Waals surface area contributed by atoms with Gasteiger partial charge in [-0.15, -0.1) is 0 Å². The van der Waals surface area contributed by atoms with Crippen LogP contribution in [0.2, 0.25) is 0 Å². The van der Waals surface area contributed by atoms with Crippen molar-refractivity contribution < 1.29 is 4.21 Å². The largest absolute Gasteiger partial charge is 0.383 e. The fourth-order valence-corrected chi connectivity index (χ4v) is 2.61. The van der Waals surface area contributed by atoms with Crippen LogP contribution in [0.25, 0.3) is 0 Å². The molecule has 0 aromatic carbocycles. The van der Waals surface area contributed by atoms with E-state index >= 15 is 0 Å². The second-order valence-electron chi connectivity index (χ2n) is 5.14. The van der Waals surface area contributed by atoms with Gasteiger partial charge in [0.1, 0.15) is 11.5 Å². The molecule has 0 radical (unpaired) electrons. The van der Waals surface area contributed by atoms with Gasteiger partial charge < -0.3 is 11.1 Å². The van der Waals surface area contributed by atoms with E-state index in [9.17, 15) is 13.8 Å². The maximum Gasteiger partial charge on any atom is 0.330 e. The Labute approximate surface area is 126 Å². The molecule has 1 aromatic heterocycles. The monoisotopic (exact) mass is 316 g/mol. The van der Waals surface area contributed by atoms with Gasteiger partial charge in [0.2, 0.25) is 0 Å². The van der Waals surface area contributed by atoms with E-state index in [-0.39, 0.29) is 17.5 Å². The molecular formula is C13H24N4O3S. The average Bonchev–Trinajstić information content (AvgIpc) is 2.41. The summed E-state index contributed by atoms with van der Waals surface area (Å²) in [7, 11) is -0.880. The lowest BCUT2D eigenvalue weighted by Crippen LogP contribution is -2.35. The van der Waals surface area contributed by atoms with Gasteiger partial charge in [-0.2, -0.15) is 0 Å². The summed E-state index contributed by atoms with van der Waals surface area (Å²) in [5.74, 6) is 0.697. The molecule has 0 aliphatic rings. The fraction of sp³-hybridized carbons (Fsp3) is 0.692. The Morgan fingerprint density at radius 2 is 2.10 bits per heavy atom. The smallest absolute Gasteiger partial charge is 0.330 e. The Bertz CT molecular complexity index is 608. The van der Waals surface area contributed by atoms with E-state index in [1.165, 1.54) is 4.57 Å². The van der Waals surface area contributed by atoms with Crippen LogP contribution >= 0.6 is 0 Å². The molecule has 0 bridgehead atoms. The molecule has 21 heavy (non-hydrogen) atoms.